The van der Waals surface area contributed by atoms with Crippen molar-refractivity contribution >= 4 is 51.5 Å². The maximum Gasteiger partial charge on any atom is 0.350 e. The number of nitrogens with zero attached hydrogens (tertiary/aromatic N) is 2. The standard InChI is InChI=1S/C24H18ClFN2O6S/c1-11-21(23(32)34-3)35-24(27-11)28-18(12-5-4-6-14(26)9-12)17(20(30)22(28)31)19(29)13-7-8-16(33-2)15(25)10-13/h4-10,18,29H,1-3H3/t18-/m0/s1. The van der Waals surface area contributed by atoms with E-state index in [0.717, 1.165) is 22.3 Å². The number of aryl methyl sites for hydroxylation is 1. The first kappa shape index (κ1) is 24.4. The molecule has 3 aromatic rings. The second-order valence-corrected chi connectivity index (χ2v) is 8.86. The molecule has 1 atom stereocenters. The number of carbonyl (C=O) groups excluding carboxylic acids is 3. The molecule has 1 saturated heterocycles. The van der Waals surface area contributed by atoms with Crippen LogP contribution in [0.2, 0.25) is 5.02 Å². The highest BCUT2D eigenvalue weighted by Crippen LogP contribution is 2.44. The molecule has 1 N–H and O–H groups in total. The summed E-state index contributed by atoms with van der Waals surface area (Å²) in [6, 6.07) is 8.43. The summed E-state index contributed by atoms with van der Waals surface area (Å²) in [7, 11) is 2.63. The van der Waals surface area contributed by atoms with E-state index in [4.69, 9.17) is 21.1 Å². The number of Topliss-reactive ketones (excluding diaryl/α,β-unsaturated/α-hetero) is 1. The van der Waals surface area contributed by atoms with Crippen molar-refractivity contribution in [1.82, 2.24) is 4.98 Å². The number of ketones is 1. The van der Waals surface area contributed by atoms with E-state index in [9.17, 15) is 23.9 Å². The average molecular weight is 517 g/mol. The van der Waals surface area contributed by atoms with Crippen molar-refractivity contribution < 1.29 is 33.4 Å². The number of esters is 1. The van der Waals surface area contributed by atoms with Crippen molar-refractivity contribution in [1.29, 1.82) is 0 Å². The molecule has 1 fully saturated rings. The van der Waals surface area contributed by atoms with Crippen LogP contribution in [0.4, 0.5) is 9.52 Å². The molecule has 0 radical (unpaired) electrons. The quantitative estimate of drug-likeness (QED) is 0.227. The smallest absolute Gasteiger partial charge is 0.350 e. The Morgan fingerprint density at radius 1 is 1.20 bits per heavy atom. The fourth-order valence-corrected chi connectivity index (χ4v) is 5.03. The Morgan fingerprint density at radius 2 is 1.94 bits per heavy atom. The summed E-state index contributed by atoms with van der Waals surface area (Å²) in [5, 5.41) is 11.3. The minimum Gasteiger partial charge on any atom is -0.507 e. The van der Waals surface area contributed by atoms with Crippen LogP contribution in [0.1, 0.15) is 32.5 Å². The summed E-state index contributed by atoms with van der Waals surface area (Å²) >= 11 is 7.03. The Labute approximate surface area is 208 Å². The molecule has 1 aliphatic rings. The van der Waals surface area contributed by atoms with Crippen LogP contribution in [0, 0.1) is 12.7 Å². The SMILES string of the molecule is COC(=O)c1sc(N2C(=O)C(=O)C(=C(O)c3ccc(OC)c(Cl)c3)[C@@H]2c2cccc(F)c2)nc1C. The lowest BCUT2D eigenvalue weighted by Crippen LogP contribution is -2.29. The number of halogens is 2. The first-order chi connectivity index (χ1) is 16.7. The van der Waals surface area contributed by atoms with Gasteiger partial charge in [-0.25, -0.2) is 14.2 Å². The second kappa shape index (κ2) is 9.47. The van der Waals surface area contributed by atoms with E-state index in [1.54, 1.807) is 6.92 Å². The first-order valence-electron chi connectivity index (χ1n) is 10.1. The van der Waals surface area contributed by atoms with Gasteiger partial charge >= 0.3 is 11.9 Å². The van der Waals surface area contributed by atoms with Gasteiger partial charge in [-0.3, -0.25) is 14.5 Å². The lowest BCUT2D eigenvalue weighted by atomic mass is 9.95. The van der Waals surface area contributed by atoms with E-state index in [1.165, 1.54) is 50.6 Å². The lowest BCUT2D eigenvalue weighted by molar-refractivity contribution is -0.132. The monoisotopic (exact) mass is 516 g/mol. The molecule has 2 aromatic carbocycles. The Bertz CT molecular complexity index is 1400. The maximum atomic E-state index is 14.2. The summed E-state index contributed by atoms with van der Waals surface area (Å²) in [6.07, 6.45) is 0. The van der Waals surface area contributed by atoms with Crippen molar-refractivity contribution in [2.24, 2.45) is 0 Å². The molecular weight excluding hydrogens is 499 g/mol. The van der Waals surface area contributed by atoms with Crippen molar-refractivity contribution in [3.63, 3.8) is 0 Å². The topological polar surface area (TPSA) is 106 Å². The number of hydrogen-bond donors (Lipinski definition) is 1. The lowest BCUT2D eigenvalue weighted by Gasteiger charge is -2.23. The van der Waals surface area contributed by atoms with Gasteiger partial charge < -0.3 is 14.6 Å². The minimum atomic E-state index is -1.22. The number of thiazole rings is 1. The predicted octanol–water partition coefficient (Wildman–Crippen LogP) is 4.67. The molecule has 2 heterocycles. The number of aliphatic hydroxyl groups is 1. The fraction of sp³-hybridized carbons (Fsp3) is 0.167. The third kappa shape index (κ3) is 4.26. The first-order valence-corrected chi connectivity index (χ1v) is 11.3. The number of ether oxygens (including phenoxy) is 2. The molecule has 0 unspecified atom stereocenters. The van der Waals surface area contributed by atoms with Crippen LogP contribution in [0.25, 0.3) is 5.76 Å². The number of carbonyl (C=O) groups is 3. The Kier molecular flexibility index (Phi) is 6.60. The molecule has 35 heavy (non-hydrogen) atoms. The van der Waals surface area contributed by atoms with Crippen LogP contribution in [0.3, 0.4) is 0 Å². The number of amides is 1. The summed E-state index contributed by atoms with van der Waals surface area (Å²) in [6.45, 7) is 1.55. The van der Waals surface area contributed by atoms with Gasteiger partial charge in [-0.1, -0.05) is 35.1 Å². The minimum absolute atomic E-state index is 0.0195. The van der Waals surface area contributed by atoms with Crippen LogP contribution in [0.5, 0.6) is 5.75 Å². The molecule has 8 nitrogen and oxygen atoms in total. The highest BCUT2D eigenvalue weighted by atomic mass is 35.5. The molecule has 4 rings (SSSR count). The molecule has 0 aliphatic carbocycles. The van der Waals surface area contributed by atoms with Crippen LogP contribution in [-0.2, 0) is 14.3 Å². The Morgan fingerprint density at radius 3 is 2.57 bits per heavy atom. The van der Waals surface area contributed by atoms with E-state index < -0.39 is 35.3 Å². The number of aromatic nitrogens is 1. The summed E-state index contributed by atoms with van der Waals surface area (Å²) in [5.41, 5.74) is 0.381. The largest absolute Gasteiger partial charge is 0.507 e. The highest BCUT2D eigenvalue weighted by molar-refractivity contribution is 7.17. The van der Waals surface area contributed by atoms with Gasteiger partial charge in [0, 0.05) is 5.56 Å². The van der Waals surface area contributed by atoms with Gasteiger partial charge in [-0.2, -0.15) is 0 Å². The van der Waals surface area contributed by atoms with Crippen LogP contribution < -0.4 is 9.64 Å². The molecule has 0 spiro atoms. The van der Waals surface area contributed by atoms with E-state index >= 15 is 0 Å². The normalized spacial score (nSPS) is 17.1. The molecule has 1 aromatic heterocycles. The van der Waals surface area contributed by atoms with Crippen LogP contribution in [0.15, 0.2) is 48.0 Å². The third-order valence-corrected chi connectivity index (χ3v) is 6.83. The summed E-state index contributed by atoms with van der Waals surface area (Å²) in [4.78, 5) is 43.9. The zero-order chi connectivity index (χ0) is 25.4. The zero-order valence-electron chi connectivity index (χ0n) is 18.7. The van der Waals surface area contributed by atoms with Gasteiger partial charge in [-0.05, 0) is 42.8 Å². The number of aliphatic hydroxyl groups excluding tert-OH is 1. The molecule has 1 aliphatic heterocycles. The summed E-state index contributed by atoms with van der Waals surface area (Å²) in [5.74, 6) is -3.42. The Hall–Kier alpha value is -3.76. The Balaban J connectivity index is 1.94. The van der Waals surface area contributed by atoms with Crippen LogP contribution in [-0.4, -0.2) is 42.0 Å². The highest BCUT2D eigenvalue weighted by Gasteiger charge is 2.48. The molecular formula is C24H18ClFN2O6S. The number of anilines is 1. The molecule has 0 bridgehead atoms. The van der Waals surface area contributed by atoms with E-state index in [0.29, 0.717) is 11.4 Å². The van der Waals surface area contributed by atoms with Crippen molar-refractivity contribution in [2.75, 3.05) is 19.1 Å². The van der Waals surface area contributed by atoms with Gasteiger partial charge in [0.2, 0.25) is 0 Å². The number of rotatable bonds is 5. The van der Waals surface area contributed by atoms with E-state index in [2.05, 4.69) is 4.98 Å². The predicted molar refractivity (Wildman–Crippen MR) is 127 cm³/mol. The van der Waals surface area contributed by atoms with E-state index in [1.807, 2.05) is 0 Å². The molecule has 1 amide bonds. The van der Waals surface area contributed by atoms with Gasteiger partial charge in [0.05, 0.1) is 36.6 Å². The third-order valence-electron chi connectivity index (χ3n) is 5.40. The van der Waals surface area contributed by atoms with E-state index in [-0.39, 0.29) is 31.7 Å². The second-order valence-electron chi connectivity index (χ2n) is 7.48. The zero-order valence-corrected chi connectivity index (χ0v) is 20.2. The van der Waals surface area contributed by atoms with Gasteiger partial charge in [0.1, 0.15) is 22.2 Å². The number of hydrogen-bond acceptors (Lipinski definition) is 8. The van der Waals surface area contributed by atoms with Crippen molar-refractivity contribution in [2.45, 2.75) is 13.0 Å². The summed E-state index contributed by atoms with van der Waals surface area (Å²) < 4.78 is 24.1. The van der Waals surface area contributed by atoms with Gasteiger partial charge in [0.15, 0.2) is 5.13 Å². The molecule has 0 saturated carbocycles. The van der Waals surface area contributed by atoms with Crippen molar-refractivity contribution in [3.8, 4) is 5.75 Å². The van der Waals surface area contributed by atoms with Gasteiger partial charge in [-0.15, -0.1) is 0 Å². The fourth-order valence-electron chi connectivity index (χ4n) is 3.76. The maximum absolute atomic E-state index is 14.2. The molecule has 11 heteroatoms. The number of methoxy groups -OCH3 is 2. The molecule has 180 valence electrons. The van der Waals surface area contributed by atoms with Gasteiger partial charge in [0.25, 0.3) is 5.78 Å². The van der Waals surface area contributed by atoms with Crippen molar-refractivity contribution in [3.05, 3.63) is 80.6 Å². The number of benzene rings is 2. The van der Waals surface area contributed by atoms with Crippen LogP contribution >= 0.6 is 22.9 Å². The average Bonchev–Trinajstić information content (AvgIpc) is 3.34.